The summed E-state index contributed by atoms with van der Waals surface area (Å²) in [4.78, 5) is 0. The maximum atomic E-state index is 4.51. The lowest BCUT2D eigenvalue weighted by Gasteiger charge is -2.27. The zero-order valence-corrected chi connectivity index (χ0v) is 12.0. The molecule has 0 atom stereocenters. The molecule has 3 rings (SSSR count). The summed E-state index contributed by atoms with van der Waals surface area (Å²) in [5, 5.41) is 3.38. The van der Waals surface area contributed by atoms with Crippen LogP contribution >= 0.6 is 11.7 Å². The molecular weight excluding hydrogens is 254 g/mol. The van der Waals surface area contributed by atoms with E-state index in [2.05, 4.69) is 45.3 Å². The fourth-order valence-electron chi connectivity index (χ4n) is 2.51. The molecule has 0 saturated heterocycles. The Labute approximate surface area is 118 Å². The van der Waals surface area contributed by atoms with Crippen molar-refractivity contribution in [2.45, 2.75) is 38.5 Å². The highest BCUT2D eigenvalue weighted by Gasteiger charge is 2.24. The van der Waals surface area contributed by atoms with Crippen LogP contribution in [0.5, 0.6) is 0 Å². The van der Waals surface area contributed by atoms with Gasteiger partial charge in [0.15, 0.2) is 5.82 Å². The molecule has 0 amide bonds. The first-order valence-corrected chi connectivity index (χ1v) is 7.79. The van der Waals surface area contributed by atoms with E-state index in [-0.39, 0.29) is 0 Å². The van der Waals surface area contributed by atoms with E-state index >= 15 is 0 Å². The van der Waals surface area contributed by atoms with Crippen molar-refractivity contribution in [3.63, 3.8) is 0 Å². The van der Waals surface area contributed by atoms with Crippen LogP contribution in [0, 0.1) is 0 Å². The fourth-order valence-corrected chi connectivity index (χ4v) is 3.05. The van der Waals surface area contributed by atoms with Crippen molar-refractivity contribution < 1.29 is 0 Å². The number of rotatable bonds is 5. The van der Waals surface area contributed by atoms with Crippen molar-refractivity contribution in [3.8, 4) is 11.3 Å². The molecular formula is C15H19N3S. The van der Waals surface area contributed by atoms with Crippen LogP contribution in [-0.4, -0.2) is 15.3 Å². The molecule has 2 aromatic rings. The Morgan fingerprint density at radius 3 is 2.84 bits per heavy atom. The number of anilines is 1. The smallest absolute Gasteiger partial charge is 0.168 e. The van der Waals surface area contributed by atoms with Gasteiger partial charge in [0.25, 0.3) is 0 Å². The van der Waals surface area contributed by atoms with Crippen LogP contribution in [-0.2, 0) is 0 Å². The van der Waals surface area contributed by atoms with Gasteiger partial charge in [0.2, 0.25) is 0 Å². The van der Waals surface area contributed by atoms with Crippen molar-refractivity contribution in [3.05, 3.63) is 29.8 Å². The fraction of sp³-hybridized carbons (Fsp3) is 0.467. The van der Waals surface area contributed by atoms with Crippen LogP contribution in [0.1, 0.15) is 44.1 Å². The second kappa shape index (κ2) is 5.70. The van der Waals surface area contributed by atoms with E-state index in [9.17, 15) is 0 Å². The molecule has 1 heterocycles. The standard InChI is InChI=1S/C15H19N3S/c1-2-10-16-15-14(17-19-18-15)13-9-4-3-8-12(13)11-6-5-7-11/h3-4,8-9,11H,2,5-7,10H2,1H3,(H,16,18). The lowest BCUT2D eigenvalue weighted by molar-refractivity contribution is 0.420. The van der Waals surface area contributed by atoms with Gasteiger partial charge in [-0.25, -0.2) is 0 Å². The van der Waals surface area contributed by atoms with Gasteiger partial charge in [0.1, 0.15) is 5.69 Å². The summed E-state index contributed by atoms with van der Waals surface area (Å²) in [6, 6.07) is 8.67. The molecule has 1 N–H and O–H groups in total. The Bertz CT molecular complexity index is 546. The Morgan fingerprint density at radius 2 is 2.11 bits per heavy atom. The average molecular weight is 273 g/mol. The van der Waals surface area contributed by atoms with Gasteiger partial charge in [-0.2, -0.15) is 8.75 Å². The molecule has 0 spiro atoms. The van der Waals surface area contributed by atoms with Gasteiger partial charge in [0, 0.05) is 12.1 Å². The van der Waals surface area contributed by atoms with Crippen LogP contribution in [0.25, 0.3) is 11.3 Å². The van der Waals surface area contributed by atoms with Crippen molar-refractivity contribution >= 4 is 17.5 Å². The summed E-state index contributed by atoms with van der Waals surface area (Å²) in [6.45, 7) is 3.11. The predicted molar refractivity (Wildman–Crippen MR) is 80.7 cm³/mol. The molecule has 3 nitrogen and oxygen atoms in total. The first kappa shape index (κ1) is 12.6. The average Bonchev–Trinajstić information content (AvgIpc) is 2.83. The first-order valence-electron chi connectivity index (χ1n) is 7.06. The van der Waals surface area contributed by atoms with Gasteiger partial charge in [-0.1, -0.05) is 37.6 Å². The highest BCUT2D eigenvalue weighted by Crippen LogP contribution is 2.41. The van der Waals surface area contributed by atoms with Crippen LogP contribution in [0.3, 0.4) is 0 Å². The number of benzene rings is 1. The number of nitrogens with one attached hydrogen (secondary N) is 1. The summed E-state index contributed by atoms with van der Waals surface area (Å²) in [6.07, 6.45) is 5.08. The molecule has 1 aromatic heterocycles. The summed E-state index contributed by atoms with van der Waals surface area (Å²) < 4.78 is 8.90. The zero-order chi connectivity index (χ0) is 13.1. The summed E-state index contributed by atoms with van der Waals surface area (Å²) in [5.41, 5.74) is 3.74. The Morgan fingerprint density at radius 1 is 1.26 bits per heavy atom. The normalized spacial score (nSPS) is 15.2. The Kier molecular flexibility index (Phi) is 3.78. The molecule has 1 saturated carbocycles. The molecule has 1 aliphatic rings. The molecule has 4 heteroatoms. The molecule has 19 heavy (non-hydrogen) atoms. The molecule has 0 unspecified atom stereocenters. The second-order valence-electron chi connectivity index (χ2n) is 5.10. The van der Waals surface area contributed by atoms with Gasteiger partial charge < -0.3 is 5.32 Å². The monoisotopic (exact) mass is 273 g/mol. The van der Waals surface area contributed by atoms with E-state index in [1.54, 1.807) is 0 Å². The summed E-state index contributed by atoms with van der Waals surface area (Å²) >= 11 is 1.30. The van der Waals surface area contributed by atoms with Gasteiger partial charge in [0.05, 0.1) is 11.7 Å². The third-order valence-electron chi connectivity index (χ3n) is 3.79. The van der Waals surface area contributed by atoms with Crippen LogP contribution in [0.15, 0.2) is 24.3 Å². The van der Waals surface area contributed by atoms with E-state index in [0.717, 1.165) is 30.4 Å². The third kappa shape index (κ3) is 2.50. The van der Waals surface area contributed by atoms with Gasteiger partial charge in [-0.3, -0.25) is 0 Å². The van der Waals surface area contributed by atoms with Crippen molar-refractivity contribution in [2.75, 3.05) is 11.9 Å². The van der Waals surface area contributed by atoms with Crippen molar-refractivity contribution in [2.24, 2.45) is 0 Å². The highest BCUT2D eigenvalue weighted by atomic mass is 32.1. The molecule has 1 aromatic carbocycles. The largest absolute Gasteiger partial charge is 0.367 e. The van der Waals surface area contributed by atoms with Crippen LogP contribution < -0.4 is 5.32 Å². The zero-order valence-electron chi connectivity index (χ0n) is 11.2. The lowest BCUT2D eigenvalue weighted by atomic mass is 9.78. The number of nitrogens with zero attached hydrogens (tertiary/aromatic N) is 2. The predicted octanol–water partition coefficient (Wildman–Crippen LogP) is 4.29. The number of aromatic nitrogens is 2. The van der Waals surface area contributed by atoms with Crippen LogP contribution in [0.4, 0.5) is 5.82 Å². The maximum absolute atomic E-state index is 4.51. The van der Waals surface area contributed by atoms with Gasteiger partial charge in [-0.15, -0.1) is 0 Å². The van der Waals surface area contributed by atoms with Crippen LogP contribution in [0.2, 0.25) is 0 Å². The topological polar surface area (TPSA) is 37.8 Å². The van der Waals surface area contributed by atoms with Crippen molar-refractivity contribution in [1.82, 2.24) is 8.75 Å². The minimum Gasteiger partial charge on any atom is -0.367 e. The van der Waals surface area contributed by atoms with E-state index in [0.29, 0.717) is 0 Å². The SMILES string of the molecule is CCCNc1nsnc1-c1ccccc1C1CCC1. The highest BCUT2D eigenvalue weighted by molar-refractivity contribution is 6.99. The molecule has 0 aliphatic heterocycles. The molecule has 0 bridgehead atoms. The van der Waals surface area contributed by atoms with E-state index < -0.39 is 0 Å². The molecule has 1 fully saturated rings. The van der Waals surface area contributed by atoms with Crippen molar-refractivity contribution in [1.29, 1.82) is 0 Å². The van der Waals surface area contributed by atoms with Gasteiger partial charge in [-0.05, 0) is 30.7 Å². The third-order valence-corrected chi connectivity index (χ3v) is 4.32. The summed E-state index contributed by atoms with van der Waals surface area (Å²) in [7, 11) is 0. The van der Waals surface area contributed by atoms with E-state index in [1.807, 2.05) is 0 Å². The number of hydrogen-bond acceptors (Lipinski definition) is 4. The number of hydrogen-bond donors (Lipinski definition) is 1. The van der Waals surface area contributed by atoms with Gasteiger partial charge >= 0.3 is 0 Å². The quantitative estimate of drug-likeness (QED) is 0.883. The second-order valence-corrected chi connectivity index (χ2v) is 5.63. The maximum Gasteiger partial charge on any atom is 0.168 e. The Balaban J connectivity index is 1.95. The lowest BCUT2D eigenvalue weighted by Crippen LogP contribution is -2.10. The van der Waals surface area contributed by atoms with E-state index in [4.69, 9.17) is 0 Å². The summed E-state index contributed by atoms with van der Waals surface area (Å²) in [5.74, 6) is 1.66. The minimum atomic E-state index is 0.719. The minimum absolute atomic E-state index is 0.719. The van der Waals surface area contributed by atoms with E-state index in [1.165, 1.54) is 42.1 Å². The molecule has 100 valence electrons. The molecule has 1 aliphatic carbocycles. The first-order chi connectivity index (χ1) is 9.40. The molecule has 0 radical (unpaired) electrons. The Hall–Kier alpha value is -1.42.